The van der Waals surface area contributed by atoms with Gasteiger partial charge in [0.05, 0.1) is 6.61 Å². The molecule has 106 valence electrons. The number of unbranched alkanes of at least 4 members (excludes halogenated alkanes) is 1. The molecule has 1 rings (SSSR count). The third-order valence-corrected chi connectivity index (χ3v) is 2.83. The molecule has 4 heteroatoms. The normalized spacial score (nSPS) is 10.2. The number of hydrogen-bond acceptors (Lipinski definition) is 3. The molecule has 0 aliphatic rings. The van der Waals surface area contributed by atoms with E-state index in [0.717, 1.165) is 31.7 Å². The van der Waals surface area contributed by atoms with Crippen molar-refractivity contribution in [3.05, 3.63) is 29.8 Å². The maximum Gasteiger partial charge on any atom is 0.221 e. The van der Waals surface area contributed by atoms with Crippen LogP contribution in [0.3, 0.4) is 0 Å². The van der Waals surface area contributed by atoms with E-state index in [9.17, 15) is 4.79 Å². The van der Waals surface area contributed by atoms with Crippen molar-refractivity contribution in [3.8, 4) is 5.75 Å². The Bertz CT molecular complexity index is 363. The maximum atomic E-state index is 11.0. The van der Waals surface area contributed by atoms with Gasteiger partial charge in [-0.2, -0.15) is 0 Å². The Morgan fingerprint density at radius 3 is 2.63 bits per heavy atom. The highest BCUT2D eigenvalue weighted by Crippen LogP contribution is 2.12. The molecule has 0 unspecified atom stereocenters. The summed E-state index contributed by atoms with van der Waals surface area (Å²) in [6.07, 6.45) is 2.74. The van der Waals surface area contributed by atoms with Crippen LogP contribution >= 0.6 is 0 Å². The highest BCUT2D eigenvalue weighted by Gasteiger charge is 1.98. The van der Waals surface area contributed by atoms with E-state index >= 15 is 0 Å². The van der Waals surface area contributed by atoms with Gasteiger partial charge in [-0.05, 0) is 24.1 Å². The van der Waals surface area contributed by atoms with E-state index in [4.69, 9.17) is 4.74 Å². The number of benzene rings is 1. The summed E-state index contributed by atoms with van der Waals surface area (Å²) in [7, 11) is 1.65. The second-order valence-electron chi connectivity index (χ2n) is 4.45. The SMILES string of the molecule is CCCCOc1ccc(CNCCC(=O)NC)cc1. The summed E-state index contributed by atoms with van der Waals surface area (Å²) in [4.78, 5) is 11.0. The van der Waals surface area contributed by atoms with Gasteiger partial charge in [0.2, 0.25) is 5.91 Å². The van der Waals surface area contributed by atoms with Crippen molar-refractivity contribution in [1.29, 1.82) is 0 Å². The Labute approximate surface area is 115 Å². The lowest BCUT2D eigenvalue weighted by Crippen LogP contribution is -2.24. The molecule has 1 aromatic carbocycles. The largest absolute Gasteiger partial charge is 0.494 e. The van der Waals surface area contributed by atoms with Crippen LogP contribution in [0.4, 0.5) is 0 Å². The first-order valence-corrected chi connectivity index (χ1v) is 6.89. The summed E-state index contributed by atoms with van der Waals surface area (Å²) in [5.41, 5.74) is 1.19. The van der Waals surface area contributed by atoms with E-state index in [1.807, 2.05) is 24.3 Å². The molecule has 1 amide bonds. The van der Waals surface area contributed by atoms with Crippen LogP contribution in [0.5, 0.6) is 5.75 Å². The van der Waals surface area contributed by atoms with Crippen LogP contribution < -0.4 is 15.4 Å². The van der Waals surface area contributed by atoms with Gasteiger partial charge in [-0.3, -0.25) is 4.79 Å². The van der Waals surface area contributed by atoms with Gasteiger partial charge in [-0.25, -0.2) is 0 Å². The first kappa shape index (κ1) is 15.5. The lowest BCUT2D eigenvalue weighted by molar-refractivity contribution is -0.120. The van der Waals surface area contributed by atoms with Crippen molar-refractivity contribution in [1.82, 2.24) is 10.6 Å². The number of hydrogen-bond donors (Lipinski definition) is 2. The van der Waals surface area contributed by atoms with Crippen molar-refractivity contribution in [2.75, 3.05) is 20.2 Å². The van der Waals surface area contributed by atoms with Crippen LogP contribution in [0.1, 0.15) is 31.7 Å². The standard InChI is InChI=1S/C15H24N2O2/c1-3-4-11-19-14-7-5-13(6-8-14)12-17-10-9-15(18)16-2/h5-8,17H,3-4,9-12H2,1-2H3,(H,16,18). The predicted octanol–water partition coefficient (Wildman–Crippen LogP) is 2.09. The molecule has 1 aromatic rings. The van der Waals surface area contributed by atoms with E-state index in [1.165, 1.54) is 5.56 Å². The van der Waals surface area contributed by atoms with Gasteiger partial charge in [0.1, 0.15) is 5.75 Å². The molecule has 19 heavy (non-hydrogen) atoms. The van der Waals surface area contributed by atoms with Crippen molar-refractivity contribution in [2.24, 2.45) is 0 Å². The highest BCUT2D eigenvalue weighted by atomic mass is 16.5. The fraction of sp³-hybridized carbons (Fsp3) is 0.533. The van der Waals surface area contributed by atoms with Gasteiger partial charge in [-0.1, -0.05) is 25.5 Å². The van der Waals surface area contributed by atoms with Gasteiger partial charge >= 0.3 is 0 Å². The fourth-order valence-corrected chi connectivity index (χ4v) is 1.60. The van der Waals surface area contributed by atoms with Gasteiger partial charge < -0.3 is 15.4 Å². The van der Waals surface area contributed by atoms with Gasteiger partial charge in [-0.15, -0.1) is 0 Å². The molecule has 0 aromatic heterocycles. The molecule has 0 atom stereocenters. The number of nitrogens with one attached hydrogen (secondary N) is 2. The van der Waals surface area contributed by atoms with Crippen molar-refractivity contribution in [3.63, 3.8) is 0 Å². The van der Waals surface area contributed by atoms with Crippen LogP contribution in [0, 0.1) is 0 Å². The van der Waals surface area contributed by atoms with E-state index in [2.05, 4.69) is 17.6 Å². The molecule has 0 radical (unpaired) electrons. The lowest BCUT2D eigenvalue weighted by Gasteiger charge is -2.07. The molecule has 0 spiro atoms. The molecule has 0 saturated heterocycles. The minimum absolute atomic E-state index is 0.0622. The Hall–Kier alpha value is -1.55. The summed E-state index contributed by atoms with van der Waals surface area (Å²) in [5.74, 6) is 0.981. The molecule has 0 heterocycles. The lowest BCUT2D eigenvalue weighted by atomic mass is 10.2. The number of ether oxygens (including phenoxy) is 1. The Morgan fingerprint density at radius 2 is 2.00 bits per heavy atom. The minimum Gasteiger partial charge on any atom is -0.494 e. The molecular weight excluding hydrogens is 240 g/mol. The Morgan fingerprint density at radius 1 is 1.26 bits per heavy atom. The predicted molar refractivity (Wildman–Crippen MR) is 77.2 cm³/mol. The fourth-order valence-electron chi connectivity index (χ4n) is 1.60. The smallest absolute Gasteiger partial charge is 0.221 e. The summed E-state index contributed by atoms with van der Waals surface area (Å²) < 4.78 is 5.60. The quantitative estimate of drug-likeness (QED) is 0.672. The molecular formula is C15H24N2O2. The molecule has 0 saturated carbocycles. The van der Waals surface area contributed by atoms with Crippen LogP contribution in [-0.4, -0.2) is 26.1 Å². The van der Waals surface area contributed by atoms with Crippen LogP contribution in [0.15, 0.2) is 24.3 Å². The van der Waals surface area contributed by atoms with Crippen molar-refractivity contribution >= 4 is 5.91 Å². The summed E-state index contributed by atoms with van der Waals surface area (Å²) >= 11 is 0. The zero-order chi connectivity index (χ0) is 13.9. The van der Waals surface area contributed by atoms with E-state index in [0.29, 0.717) is 13.0 Å². The van der Waals surface area contributed by atoms with Crippen molar-refractivity contribution < 1.29 is 9.53 Å². The second kappa shape index (κ2) is 9.39. The summed E-state index contributed by atoms with van der Waals surface area (Å²) in [6.45, 7) is 4.39. The molecule has 0 aliphatic heterocycles. The van der Waals surface area contributed by atoms with Crippen LogP contribution in [0.2, 0.25) is 0 Å². The zero-order valence-corrected chi connectivity index (χ0v) is 11.9. The van der Waals surface area contributed by atoms with E-state index in [1.54, 1.807) is 7.05 Å². The molecule has 0 aliphatic carbocycles. The minimum atomic E-state index is 0.0622. The first-order chi connectivity index (χ1) is 9.26. The maximum absolute atomic E-state index is 11.0. The van der Waals surface area contributed by atoms with E-state index in [-0.39, 0.29) is 5.91 Å². The average molecular weight is 264 g/mol. The third kappa shape index (κ3) is 6.82. The zero-order valence-electron chi connectivity index (χ0n) is 11.9. The first-order valence-electron chi connectivity index (χ1n) is 6.89. The molecule has 0 fully saturated rings. The highest BCUT2D eigenvalue weighted by molar-refractivity contribution is 5.75. The van der Waals surface area contributed by atoms with Crippen LogP contribution in [0.25, 0.3) is 0 Å². The van der Waals surface area contributed by atoms with Crippen LogP contribution in [-0.2, 0) is 11.3 Å². The topological polar surface area (TPSA) is 50.4 Å². The Kier molecular flexibility index (Phi) is 7.66. The summed E-state index contributed by atoms with van der Waals surface area (Å²) in [6, 6.07) is 8.08. The number of amides is 1. The number of rotatable bonds is 9. The third-order valence-electron chi connectivity index (χ3n) is 2.83. The van der Waals surface area contributed by atoms with Gasteiger partial charge in [0.25, 0.3) is 0 Å². The molecule has 2 N–H and O–H groups in total. The van der Waals surface area contributed by atoms with Crippen molar-refractivity contribution in [2.45, 2.75) is 32.7 Å². The monoisotopic (exact) mass is 264 g/mol. The van der Waals surface area contributed by atoms with E-state index < -0.39 is 0 Å². The number of carbonyl (C=O) groups excluding carboxylic acids is 1. The second-order valence-corrected chi connectivity index (χ2v) is 4.45. The molecule has 4 nitrogen and oxygen atoms in total. The number of carbonyl (C=O) groups is 1. The van der Waals surface area contributed by atoms with Gasteiger partial charge in [0, 0.05) is 26.6 Å². The van der Waals surface area contributed by atoms with Gasteiger partial charge in [0.15, 0.2) is 0 Å². The average Bonchev–Trinajstić information content (AvgIpc) is 2.45. The Balaban J connectivity index is 2.22. The summed E-state index contributed by atoms with van der Waals surface area (Å²) in [5, 5.41) is 5.84. The molecule has 0 bridgehead atoms.